The molecule has 0 aliphatic carbocycles. The van der Waals surface area contributed by atoms with E-state index in [1.807, 2.05) is 11.9 Å². The summed E-state index contributed by atoms with van der Waals surface area (Å²) in [5, 5.41) is 18.9. The second-order valence-electron chi connectivity index (χ2n) is 9.95. The van der Waals surface area contributed by atoms with Gasteiger partial charge in [-0.2, -0.15) is 18.2 Å². The molecule has 15 heteroatoms. The summed E-state index contributed by atoms with van der Waals surface area (Å²) >= 11 is 0. The molecule has 1 aliphatic rings. The van der Waals surface area contributed by atoms with Crippen LogP contribution in [0.2, 0.25) is 0 Å². The van der Waals surface area contributed by atoms with Crippen LogP contribution in [-0.4, -0.2) is 79.7 Å². The summed E-state index contributed by atoms with van der Waals surface area (Å²) in [5.41, 5.74) is 0.999. The van der Waals surface area contributed by atoms with Gasteiger partial charge in [-0.1, -0.05) is 11.2 Å². The third-order valence-electron chi connectivity index (χ3n) is 6.80. The highest BCUT2D eigenvalue weighted by molar-refractivity contribution is 5.96. The van der Waals surface area contributed by atoms with Gasteiger partial charge in [-0.05, 0) is 37.7 Å². The Bertz CT molecular complexity index is 1560. The first kappa shape index (κ1) is 28.1. The molecule has 4 heterocycles. The molecule has 41 heavy (non-hydrogen) atoms. The van der Waals surface area contributed by atoms with Crippen molar-refractivity contribution in [2.75, 3.05) is 25.5 Å². The topological polar surface area (TPSA) is 130 Å². The van der Waals surface area contributed by atoms with Crippen LogP contribution in [0.4, 0.5) is 23.2 Å². The maximum absolute atomic E-state index is 14.7. The molecule has 0 saturated carbocycles. The molecular formula is C26H27F4N7O4. The lowest BCUT2D eigenvalue weighted by atomic mass is 10.0. The number of likely N-dealkylation sites (tertiary alicyclic amines) is 1. The fourth-order valence-corrected chi connectivity index (χ4v) is 4.88. The SMILES string of the molecule is CN1CC[C@@H](Nc2cccc3c2cc(-c2noc(CNC(=O)c4ccn(CC(=O)O)c4)n2)n3CC(F)(F)F)[C@@H](F)C1. The van der Waals surface area contributed by atoms with Crippen LogP contribution in [0.25, 0.3) is 22.4 Å². The number of hydrogen-bond acceptors (Lipinski definition) is 7. The number of halogens is 4. The molecule has 1 aliphatic heterocycles. The fraction of sp³-hybridized carbons (Fsp3) is 0.385. The molecule has 5 rings (SSSR count). The van der Waals surface area contributed by atoms with Gasteiger partial charge in [-0.3, -0.25) is 9.59 Å². The third-order valence-corrected chi connectivity index (χ3v) is 6.80. The van der Waals surface area contributed by atoms with Crippen LogP contribution in [0.1, 0.15) is 22.7 Å². The Labute approximate surface area is 230 Å². The van der Waals surface area contributed by atoms with Crippen LogP contribution >= 0.6 is 0 Å². The summed E-state index contributed by atoms with van der Waals surface area (Å²) in [6.07, 6.45) is -2.36. The van der Waals surface area contributed by atoms with E-state index in [0.29, 0.717) is 24.0 Å². The van der Waals surface area contributed by atoms with E-state index in [2.05, 4.69) is 20.8 Å². The summed E-state index contributed by atoms with van der Waals surface area (Å²) in [4.78, 5) is 29.3. The number of fused-ring (bicyclic) bond motifs is 1. The molecule has 0 bridgehead atoms. The molecule has 218 valence electrons. The van der Waals surface area contributed by atoms with Gasteiger partial charge in [0.25, 0.3) is 5.91 Å². The molecule has 1 fully saturated rings. The van der Waals surface area contributed by atoms with Crippen molar-refractivity contribution in [3.63, 3.8) is 0 Å². The van der Waals surface area contributed by atoms with Crippen LogP contribution < -0.4 is 10.6 Å². The van der Waals surface area contributed by atoms with Crippen molar-refractivity contribution in [2.24, 2.45) is 0 Å². The summed E-state index contributed by atoms with van der Waals surface area (Å²) in [6, 6.07) is 7.28. The van der Waals surface area contributed by atoms with E-state index < -0.39 is 36.8 Å². The second kappa shape index (κ2) is 11.2. The maximum atomic E-state index is 14.7. The molecule has 4 aromatic rings. The Balaban J connectivity index is 1.38. The number of hydrogen-bond donors (Lipinski definition) is 3. The molecule has 0 radical (unpaired) electrons. The lowest BCUT2D eigenvalue weighted by molar-refractivity contribution is -0.140. The predicted molar refractivity (Wildman–Crippen MR) is 139 cm³/mol. The van der Waals surface area contributed by atoms with Crippen LogP contribution in [0.5, 0.6) is 0 Å². The lowest BCUT2D eigenvalue weighted by Crippen LogP contribution is -2.46. The standard InChI is InChI=1S/C26H27F4N7O4/c1-35-7-6-19(17(27)12-35)32-18-3-2-4-20-16(18)9-21(37(20)14-26(28,29)30)24-33-22(41-34-24)10-31-25(40)15-5-8-36(11-15)13-23(38)39/h2-5,8-9,11,17,19,32H,6-7,10,12-14H2,1H3,(H,31,40)(H,38,39)/t17-,19+/m0/s1. The van der Waals surface area contributed by atoms with Crippen LogP contribution in [0.3, 0.4) is 0 Å². The number of alkyl halides is 4. The normalized spacial score (nSPS) is 18.1. The summed E-state index contributed by atoms with van der Waals surface area (Å²) < 4.78 is 63.1. The highest BCUT2D eigenvalue weighted by Crippen LogP contribution is 2.35. The molecule has 3 N–H and O–H groups in total. The zero-order valence-electron chi connectivity index (χ0n) is 21.9. The Morgan fingerprint density at radius 1 is 1.24 bits per heavy atom. The largest absolute Gasteiger partial charge is 0.480 e. The molecule has 3 aromatic heterocycles. The number of carboxylic acid groups (broad SMARTS) is 1. The average molecular weight is 578 g/mol. The van der Waals surface area contributed by atoms with E-state index in [1.165, 1.54) is 35.2 Å². The minimum Gasteiger partial charge on any atom is -0.480 e. The molecular weight excluding hydrogens is 550 g/mol. The van der Waals surface area contributed by atoms with Crippen molar-refractivity contribution in [3.8, 4) is 11.5 Å². The van der Waals surface area contributed by atoms with Gasteiger partial charge < -0.3 is 34.3 Å². The zero-order valence-corrected chi connectivity index (χ0v) is 21.9. The number of nitrogens with one attached hydrogen (secondary N) is 2. The molecule has 11 nitrogen and oxygen atoms in total. The van der Waals surface area contributed by atoms with E-state index in [0.717, 1.165) is 4.57 Å². The molecule has 1 aromatic carbocycles. The number of piperidine rings is 1. The van der Waals surface area contributed by atoms with Crippen LogP contribution in [-0.2, 0) is 24.4 Å². The number of carbonyl (C=O) groups excluding carboxylic acids is 1. The first-order valence-corrected chi connectivity index (χ1v) is 12.7. The highest BCUT2D eigenvalue weighted by atomic mass is 19.4. The Morgan fingerprint density at radius 3 is 2.78 bits per heavy atom. The molecule has 1 saturated heterocycles. The van der Waals surface area contributed by atoms with Crippen molar-refractivity contribution in [2.45, 2.75) is 44.4 Å². The van der Waals surface area contributed by atoms with Gasteiger partial charge in [0.1, 0.15) is 19.3 Å². The maximum Gasteiger partial charge on any atom is 0.406 e. The number of anilines is 1. The third kappa shape index (κ3) is 6.51. The van der Waals surface area contributed by atoms with E-state index >= 15 is 0 Å². The number of carbonyl (C=O) groups is 2. The number of carboxylic acids is 1. The quantitative estimate of drug-likeness (QED) is 0.258. The molecule has 0 spiro atoms. The van der Waals surface area contributed by atoms with Crippen molar-refractivity contribution in [1.29, 1.82) is 0 Å². The van der Waals surface area contributed by atoms with Crippen molar-refractivity contribution in [1.82, 2.24) is 29.5 Å². The predicted octanol–water partition coefficient (Wildman–Crippen LogP) is 3.52. The molecule has 2 atom stereocenters. The monoisotopic (exact) mass is 577 g/mol. The Hall–Kier alpha value is -4.40. The molecule has 1 amide bonds. The summed E-state index contributed by atoms with van der Waals surface area (Å²) in [5.74, 6) is -1.76. The minimum atomic E-state index is -4.56. The van der Waals surface area contributed by atoms with Crippen molar-refractivity contribution >= 4 is 28.5 Å². The van der Waals surface area contributed by atoms with Crippen molar-refractivity contribution < 1.29 is 36.8 Å². The average Bonchev–Trinajstić information content (AvgIpc) is 3.63. The van der Waals surface area contributed by atoms with Gasteiger partial charge in [0.15, 0.2) is 0 Å². The number of amides is 1. The van der Waals surface area contributed by atoms with Crippen LogP contribution in [0, 0.1) is 0 Å². The van der Waals surface area contributed by atoms with Crippen LogP contribution in [0.15, 0.2) is 47.2 Å². The Kier molecular flexibility index (Phi) is 7.71. The van der Waals surface area contributed by atoms with Gasteiger partial charge in [-0.15, -0.1) is 0 Å². The number of benzene rings is 1. The van der Waals surface area contributed by atoms with Gasteiger partial charge in [0, 0.05) is 36.6 Å². The zero-order chi connectivity index (χ0) is 29.3. The number of rotatable bonds is 9. The first-order chi connectivity index (χ1) is 19.5. The minimum absolute atomic E-state index is 0.0406. The van der Waals surface area contributed by atoms with E-state index in [-0.39, 0.29) is 48.1 Å². The van der Waals surface area contributed by atoms with E-state index in [4.69, 9.17) is 9.63 Å². The summed E-state index contributed by atoms with van der Waals surface area (Å²) in [7, 11) is 1.83. The summed E-state index contributed by atoms with van der Waals surface area (Å²) in [6.45, 7) is -0.898. The number of aromatic nitrogens is 4. The first-order valence-electron chi connectivity index (χ1n) is 12.7. The fourth-order valence-electron chi connectivity index (χ4n) is 4.88. The number of aliphatic carboxylic acids is 1. The highest BCUT2D eigenvalue weighted by Gasteiger charge is 2.32. The smallest absolute Gasteiger partial charge is 0.406 e. The number of nitrogens with zero attached hydrogens (tertiary/aromatic N) is 5. The van der Waals surface area contributed by atoms with E-state index in [1.54, 1.807) is 12.1 Å². The van der Waals surface area contributed by atoms with Crippen molar-refractivity contribution in [3.05, 3.63) is 54.2 Å². The van der Waals surface area contributed by atoms with Gasteiger partial charge >= 0.3 is 12.1 Å². The molecule has 0 unspecified atom stereocenters. The second-order valence-corrected chi connectivity index (χ2v) is 9.95. The lowest BCUT2D eigenvalue weighted by Gasteiger charge is -2.33. The van der Waals surface area contributed by atoms with Gasteiger partial charge in [0.2, 0.25) is 11.7 Å². The Morgan fingerprint density at radius 2 is 2.05 bits per heavy atom. The van der Waals surface area contributed by atoms with Gasteiger partial charge in [-0.25, -0.2) is 4.39 Å². The van der Waals surface area contributed by atoms with Gasteiger partial charge in [0.05, 0.1) is 29.4 Å². The van der Waals surface area contributed by atoms with E-state index in [9.17, 15) is 27.2 Å².